The molecule has 0 saturated carbocycles. The molecule has 0 aromatic heterocycles. The third-order valence-corrected chi connectivity index (χ3v) is 7.91. The molecule has 2 heterocycles. The summed E-state index contributed by atoms with van der Waals surface area (Å²) < 4.78 is 35.2. The van der Waals surface area contributed by atoms with Crippen LogP contribution in [0.4, 0.5) is 0 Å². The Hall–Kier alpha value is -2.68. The van der Waals surface area contributed by atoms with Crippen LogP contribution in [0.15, 0.2) is 59.5 Å². The van der Waals surface area contributed by atoms with E-state index in [0.29, 0.717) is 17.7 Å². The van der Waals surface area contributed by atoms with E-state index in [1.54, 1.807) is 30.3 Å². The van der Waals surface area contributed by atoms with Crippen molar-refractivity contribution in [1.29, 1.82) is 0 Å². The summed E-state index contributed by atoms with van der Waals surface area (Å²) in [5.74, 6) is 1.07. The molecule has 1 fully saturated rings. The summed E-state index contributed by atoms with van der Waals surface area (Å²) in [4.78, 5) is 14.7. The van der Waals surface area contributed by atoms with E-state index in [2.05, 4.69) is 18.0 Å². The third-order valence-electron chi connectivity index (χ3n) is 7.04. The number of carbonyl (C=O) groups is 1. The maximum absolute atomic E-state index is 12.4. The molecule has 1 saturated heterocycles. The van der Waals surface area contributed by atoms with Gasteiger partial charge in [-0.3, -0.25) is 9.35 Å². The summed E-state index contributed by atoms with van der Waals surface area (Å²) >= 11 is 0. The summed E-state index contributed by atoms with van der Waals surface area (Å²) in [6, 6.07) is 11.5. The zero-order valence-corrected chi connectivity index (χ0v) is 17.7. The Morgan fingerprint density at radius 1 is 1.16 bits per heavy atom. The normalized spacial score (nSPS) is 30.1. The summed E-state index contributed by atoms with van der Waals surface area (Å²) in [5, 5.41) is 10.2. The first kappa shape index (κ1) is 20.2. The minimum absolute atomic E-state index is 0.0398. The number of likely N-dealkylation sites (N-methyl/N-ethyl adjacent to an activating group) is 1. The number of rotatable bonds is 1. The molecule has 8 heteroatoms. The van der Waals surface area contributed by atoms with Crippen LogP contribution >= 0.6 is 0 Å². The Kier molecular flexibility index (Phi) is 4.51. The summed E-state index contributed by atoms with van der Waals surface area (Å²) in [7, 11) is -1.84. The van der Waals surface area contributed by atoms with Crippen LogP contribution in [0.3, 0.4) is 0 Å². The zero-order chi connectivity index (χ0) is 22.0. The van der Waals surface area contributed by atoms with E-state index in [1.165, 1.54) is 17.7 Å². The molecule has 4 aliphatic rings. The first-order chi connectivity index (χ1) is 14.7. The van der Waals surface area contributed by atoms with Crippen molar-refractivity contribution in [1.82, 2.24) is 4.90 Å². The number of phenolic OH excluding ortho intramolecular Hbond substituents is 1. The van der Waals surface area contributed by atoms with Crippen LogP contribution in [-0.4, -0.2) is 54.5 Å². The minimum Gasteiger partial charge on any atom is -0.504 e. The van der Waals surface area contributed by atoms with Gasteiger partial charge in [-0.1, -0.05) is 30.3 Å². The quantitative estimate of drug-likeness (QED) is 0.655. The predicted octanol–water partition coefficient (Wildman–Crippen LogP) is 2.34. The first-order valence-corrected chi connectivity index (χ1v) is 11.6. The topological polar surface area (TPSA) is 104 Å². The Labute approximate surface area is 180 Å². The number of nitrogens with zero attached hydrogens (tertiary/aromatic N) is 1. The minimum atomic E-state index is -4.00. The van der Waals surface area contributed by atoms with Crippen LogP contribution in [0, 0.1) is 5.92 Å². The van der Waals surface area contributed by atoms with Crippen LogP contribution in [-0.2, 0) is 26.7 Å². The van der Waals surface area contributed by atoms with Crippen molar-refractivity contribution in [2.24, 2.45) is 5.92 Å². The van der Waals surface area contributed by atoms with Crippen LogP contribution in [0.5, 0.6) is 11.5 Å². The predicted molar refractivity (Wildman–Crippen MR) is 113 cm³/mol. The fraction of sp³-hybridized carbons (Fsp3) is 0.348. The Bertz CT molecular complexity index is 1190. The number of hydrogen-bond donors (Lipinski definition) is 2. The van der Waals surface area contributed by atoms with Crippen molar-refractivity contribution in [3.05, 3.63) is 65.7 Å². The number of ketones is 1. The summed E-state index contributed by atoms with van der Waals surface area (Å²) in [5.41, 5.74) is 2.09. The monoisotopic (exact) mass is 441 g/mol. The van der Waals surface area contributed by atoms with E-state index in [9.17, 15) is 18.3 Å². The van der Waals surface area contributed by atoms with E-state index in [-0.39, 0.29) is 21.8 Å². The number of phenols is 1. The van der Waals surface area contributed by atoms with Crippen LogP contribution in [0.1, 0.15) is 17.5 Å². The molecule has 4 atom stereocenters. The number of piperidine rings is 1. The molecule has 7 nitrogen and oxygen atoms in total. The van der Waals surface area contributed by atoms with Crippen molar-refractivity contribution in [3.63, 3.8) is 0 Å². The van der Waals surface area contributed by atoms with Gasteiger partial charge >= 0.3 is 0 Å². The Morgan fingerprint density at radius 3 is 2.58 bits per heavy atom. The molecule has 6 rings (SSSR count). The van der Waals surface area contributed by atoms with E-state index >= 15 is 0 Å². The molecular weight excluding hydrogens is 418 g/mol. The van der Waals surface area contributed by atoms with Crippen LogP contribution in [0.2, 0.25) is 0 Å². The van der Waals surface area contributed by atoms with Gasteiger partial charge in [-0.05, 0) is 56.3 Å². The standard InChI is InChI=1S/C17H17NO3.C6H6O3S/c1-18-7-6-17-10-3-5-13(20)16(17)21-15-12(19)4-2-9(14(15)17)8-11(10)18;7-10(8,9)6-4-2-1-3-5-6/h2-5,10-11,16,19H,6-8H2,1H3;1-5H,(H,7,8,9)/t10-,11+,16-,17-;/m0./s1. The van der Waals surface area contributed by atoms with Gasteiger partial charge in [-0.25, -0.2) is 0 Å². The first-order valence-electron chi connectivity index (χ1n) is 10.2. The number of carbonyl (C=O) groups excluding carboxylic acids is 1. The molecule has 2 bridgehead atoms. The van der Waals surface area contributed by atoms with Gasteiger partial charge in [-0.2, -0.15) is 8.42 Å². The number of ether oxygens (including phenoxy) is 1. The molecule has 2 N–H and O–H groups in total. The van der Waals surface area contributed by atoms with Gasteiger partial charge in [0.05, 0.1) is 10.3 Å². The molecule has 2 aromatic rings. The molecule has 162 valence electrons. The average Bonchev–Trinajstić information content (AvgIpc) is 3.10. The van der Waals surface area contributed by atoms with Crippen LogP contribution in [0.25, 0.3) is 0 Å². The van der Waals surface area contributed by atoms with Crippen LogP contribution < -0.4 is 4.74 Å². The SMILES string of the molecule is CN1CC[C@]23c4c5ccc(O)c4O[C@H]2C(=O)C=C[C@H]3[C@H]1C5.O=S(=O)(O)c1ccccc1. The van der Waals surface area contributed by atoms with Gasteiger partial charge in [0.2, 0.25) is 0 Å². The van der Waals surface area contributed by atoms with E-state index in [0.717, 1.165) is 24.9 Å². The van der Waals surface area contributed by atoms with Gasteiger partial charge < -0.3 is 14.7 Å². The van der Waals surface area contributed by atoms with Gasteiger partial charge in [0, 0.05) is 17.5 Å². The zero-order valence-electron chi connectivity index (χ0n) is 16.9. The van der Waals surface area contributed by atoms with Crippen molar-refractivity contribution >= 4 is 15.9 Å². The molecule has 1 spiro atoms. The Morgan fingerprint density at radius 2 is 1.90 bits per heavy atom. The van der Waals surface area contributed by atoms with Gasteiger partial charge in [0.25, 0.3) is 10.1 Å². The largest absolute Gasteiger partial charge is 0.504 e. The lowest BCUT2D eigenvalue weighted by Gasteiger charge is -2.55. The van der Waals surface area contributed by atoms with Gasteiger partial charge in [0.1, 0.15) is 0 Å². The van der Waals surface area contributed by atoms with Crippen molar-refractivity contribution in [2.45, 2.75) is 35.3 Å². The molecular formula is C23H23NO6S. The number of aromatic hydroxyl groups is 1. The second-order valence-corrected chi connectivity index (χ2v) is 9.99. The fourth-order valence-electron chi connectivity index (χ4n) is 5.67. The maximum atomic E-state index is 12.4. The Balaban J connectivity index is 0.000000174. The highest BCUT2D eigenvalue weighted by Gasteiger charge is 2.64. The lowest BCUT2D eigenvalue weighted by Crippen LogP contribution is -2.64. The van der Waals surface area contributed by atoms with Crippen molar-refractivity contribution in [2.75, 3.05) is 13.6 Å². The lowest BCUT2D eigenvalue weighted by atomic mass is 9.53. The van der Waals surface area contributed by atoms with E-state index < -0.39 is 16.2 Å². The highest BCUT2D eigenvalue weighted by molar-refractivity contribution is 7.85. The molecule has 2 aromatic carbocycles. The second-order valence-electron chi connectivity index (χ2n) is 8.56. The smallest absolute Gasteiger partial charge is 0.294 e. The lowest BCUT2D eigenvalue weighted by molar-refractivity contribution is -0.127. The van der Waals surface area contributed by atoms with Crippen molar-refractivity contribution < 1.29 is 27.6 Å². The molecule has 2 aliphatic heterocycles. The maximum Gasteiger partial charge on any atom is 0.294 e. The summed E-state index contributed by atoms with van der Waals surface area (Å²) in [6.45, 7) is 0.969. The molecule has 31 heavy (non-hydrogen) atoms. The molecule has 0 amide bonds. The summed E-state index contributed by atoms with van der Waals surface area (Å²) in [6.07, 6.45) is 5.19. The highest BCUT2D eigenvalue weighted by Crippen LogP contribution is 2.61. The number of likely N-dealkylation sites (tertiary alicyclic amines) is 1. The highest BCUT2D eigenvalue weighted by atomic mass is 32.2. The number of benzene rings is 2. The molecule has 0 radical (unpaired) electrons. The fourth-order valence-corrected chi connectivity index (χ4v) is 6.17. The average molecular weight is 442 g/mol. The third kappa shape index (κ3) is 2.93. The van der Waals surface area contributed by atoms with E-state index in [1.807, 2.05) is 6.07 Å². The van der Waals surface area contributed by atoms with E-state index in [4.69, 9.17) is 9.29 Å². The second kappa shape index (κ2) is 6.91. The van der Waals surface area contributed by atoms with Crippen molar-refractivity contribution in [3.8, 4) is 11.5 Å². The molecule has 0 unspecified atom stereocenters. The van der Waals surface area contributed by atoms with Gasteiger partial charge in [-0.15, -0.1) is 0 Å². The molecule has 2 aliphatic carbocycles. The van der Waals surface area contributed by atoms with Gasteiger partial charge in [0.15, 0.2) is 23.4 Å². The number of hydrogen-bond acceptors (Lipinski definition) is 6.